The van der Waals surface area contributed by atoms with Crippen LogP contribution in [0.15, 0.2) is 30.3 Å². The molecule has 0 atom stereocenters. The Morgan fingerprint density at radius 1 is 1.05 bits per heavy atom. The third kappa shape index (κ3) is 3.39. The number of ether oxygens (including phenoxy) is 1. The molecule has 20 heavy (non-hydrogen) atoms. The van der Waals surface area contributed by atoms with Crippen LogP contribution in [-0.4, -0.2) is 0 Å². The first-order valence-electron chi connectivity index (χ1n) is 5.76. The van der Waals surface area contributed by atoms with Crippen molar-refractivity contribution in [1.29, 1.82) is 0 Å². The van der Waals surface area contributed by atoms with Crippen molar-refractivity contribution in [2.75, 3.05) is 0 Å². The molecule has 6 heteroatoms. The molecule has 0 bridgehead atoms. The van der Waals surface area contributed by atoms with Gasteiger partial charge in [-0.25, -0.2) is 8.78 Å². The number of hydrogen-bond acceptors (Lipinski definition) is 2. The van der Waals surface area contributed by atoms with E-state index < -0.39 is 11.6 Å². The summed E-state index contributed by atoms with van der Waals surface area (Å²) in [6.45, 7) is 0.249. The molecule has 2 aromatic carbocycles. The minimum absolute atomic E-state index is 0.0472. The van der Waals surface area contributed by atoms with Crippen LogP contribution in [0, 0.1) is 11.6 Å². The lowest BCUT2D eigenvalue weighted by molar-refractivity contribution is 0.302. The van der Waals surface area contributed by atoms with Crippen LogP contribution >= 0.6 is 23.2 Å². The molecule has 0 aliphatic heterocycles. The summed E-state index contributed by atoms with van der Waals surface area (Å²) in [6, 6.07) is 6.73. The van der Waals surface area contributed by atoms with Gasteiger partial charge >= 0.3 is 0 Å². The van der Waals surface area contributed by atoms with Crippen LogP contribution in [0.25, 0.3) is 0 Å². The Morgan fingerprint density at radius 3 is 2.45 bits per heavy atom. The fraction of sp³-hybridized carbons (Fsp3) is 0.143. The molecule has 0 saturated carbocycles. The molecule has 2 aromatic rings. The van der Waals surface area contributed by atoms with E-state index in [4.69, 9.17) is 33.7 Å². The lowest BCUT2D eigenvalue weighted by atomic mass is 10.2. The number of rotatable bonds is 4. The monoisotopic (exact) mass is 317 g/mol. The van der Waals surface area contributed by atoms with Gasteiger partial charge in [-0.1, -0.05) is 29.3 Å². The summed E-state index contributed by atoms with van der Waals surface area (Å²) in [5.74, 6) is -1.43. The van der Waals surface area contributed by atoms with E-state index in [-0.39, 0.29) is 13.2 Å². The van der Waals surface area contributed by atoms with Gasteiger partial charge in [-0.15, -0.1) is 0 Å². The van der Waals surface area contributed by atoms with Crippen molar-refractivity contribution in [1.82, 2.24) is 0 Å². The predicted molar refractivity (Wildman–Crippen MR) is 75.0 cm³/mol. The molecule has 0 spiro atoms. The topological polar surface area (TPSA) is 35.2 Å². The van der Waals surface area contributed by atoms with Gasteiger partial charge in [-0.05, 0) is 29.8 Å². The quantitative estimate of drug-likeness (QED) is 0.912. The highest BCUT2D eigenvalue weighted by atomic mass is 35.5. The lowest BCUT2D eigenvalue weighted by Gasteiger charge is -2.13. The number of nitrogens with two attached hydrogens (primary N) is 1. The second-order valence-electron chi connectivity index (χ2n) is 4.12. The first-order valence-corrected chi connectivity index (χ1v) is 6.51. The van der Waals surface area contributed by atoms with Gasteiger partial charge in [-0.3, -0.25) is 0 Å². The highest BCUT2D eigenvalue weighted by Gasteiger charge is 2.11. The van der Waals surface area contributed by atoms with Crippen LogP contribution in [-0.2, 0) is 13.2 Å². The average molecular weight is 318 g/mol. The molecule has 2 rings (SSSR count). The van der Waals surface area contributed by atoms with Crippen LogP contribution in [0.3, 0.4) is 0 Å². The van der Waals surface area contributed by atoms with E-state index in [9.17, 15) is 8.78 Å². The molecule has 0 saturated heterocycles. The lowest BCUT2D eigenvalue weighted by Crippen LogP contribution is -2.04. The standard InChI is InChI=1S/C14H11Cl2F2NO/c15-10-4-9(6-19)14(11(16)5-10)20-7-8-1-2-12(17)13(18)3-8/h1-5H,6-7,19H2. The van der Waals surface area contributed by atoms with Crippen molar-refractivity contribution in [2.45, 2.75) is 13.2 Å². The molecule has 0 aliphatic carbocycles. The van der Waals surface area contributed by atoms with Crippen molar-refractivity contribution in [3.8, 4) is 5.75 Å². The summed E-state index contributed by atoms with van der Waals surface area (Å²) in [5.41, 5.74) is 6.72. The first kappa shape index (κ1) is 15.0. The molecule has 0 unspecified atom stereocenters. The first-order chi connectivity index (χ1) is 9.51. The zero-order valence-electron chi connectivity index (χ0n) is 10.3. The van der Waals surface area contributed by atoms with E-state index in [0.717, 1.165) is 12.1 Å². The maximum absolute atomic E-state index is 13.1. The molecule has 0 amide bonds. The Balaban J connectivity index is 2.20. The molecular weight excluding hydrogens is 307 g/mol. The van der Waals surface area contributed by atoms with E-state index >= 15 is 0 Å². The van der Waals surface area contributed by atoms with Crippen LogP contribution in [0.4, 0.5) is 8.78 Å². The normalized spacial score (nSPS) is 10.7. The summed E-state index contributed by atoms with van der Waals surface area (Å²) >= 11 is 11.9. The highest BCUT2D eigenvalue weighted by Crippen LogP contribution is 2.32. The third-order valence-corrected chi connectivity index (χ3v) is 3.17. The van der Waals surface area contributed by atoms with Gasteiger partial charge in [0.15, 0.2) is 11.6 Å². The van der Waals surface area contributed by atoms with Crippen LogP contribution in [0.2, 0.25) is 10.0 Å². The molecule has 0 fully saturated rings. The molecule has 2 nitrogen and oxygen atoms in total. The van der Waals surface area contributed by atoms with E-state index in [0.29, 0.717) is 26.9 Å². The number of benzene rings is 2. The minimum atomic E-state index is -0.924. The Kier molecular flexibility index (Phi) is 4.81. The van der Waals surface area contributed by atoms with Gasteiger partial charge in [0.2, 0.25) is 0 Å². The summed E-state index contributed by atoms with van der Waals surface area (Å²) in [6.07, 6.45) is 0. The second-order valence-corrected chi connectivity index (χ2v) is 4.96. The average Bonchev–Trinajstić information content (AvgIpc) is 2.40. The number of halogens is 4. The fourth-order valence-electron chi connectivity index (χ4n) is 1.71. The van der Waals surface area contributed by atoms with Gasteiger partial charge in [0.1, 0.15) is 12.4 Å². The summed E-state index contributed by atoms with van der Waals surface area (Å²) in [4.78, 5) is 0. The Labute approximate surface area is 125 Å². The number of hydrogen-bond donors (Lipinski definition) is 1. The maximum Gasteiger partial charge on any atom is 0.159 e. The maximum atomic E-state index is 13.1. The zero-order valence-corrected chi connectivity index (χ0v) is 11.8. The Bertz CT molecular complexity index is 635. The molecule has 106 valence electrons. The Hall–Kier alpha value is -1.36. The largest absolute Gasteiger partial charge is 0.487 e. The van der Waals surface area contributed by atoms with Crippen molar-refractivity contribution in [2.24, 2.45) is 5.73 Å². The molecule has 0 aromatic heterocycles. The summed E-state index contributed by atoms with van der Waals surface area (Å²) < 4.78 is 31.4. The van der Waals surface area contributed by atoms with Gasteiger partial charge in [0, 0.05) is 17.1 Å². The van der Waals surface area contributed by atoms with E-state index in [2.05, 4.69) is 0 Å². The van der Waals surface area contributed by atoms with Crippen molar-refractivity contribution in [3.63, 3.8) is 0 Å². The minimum Gasteiger partial charge on any atom is -0.487 e. The van der Waals surface area contributed by atoms with Crippen molar-refractivity contribution < 1.29 is 13.5 Å². The fourth-order valence-corrected chi connectivity index (χ4v) is 2.30. The molecule has 0 aliphatic rings. The van der Waals surface area contributed by atoms with Gasteiger partial charge < -0.3 is 10.5 Å². The van der Waals surface area contributed by atoms with Gasteiger partial charge in [0.25, 0.3) is 0 Å². The SMILES string of the molecule is NCc1cc(Cl)cc(Cl)c1OCc1ccc(F)c(F)c1. The third-order valence-electron chi connectivity index (χ3n) is 2.67. The van der Waals surface area contributed by atoms with E-state index in [1.807, 2.05) is 0 Å². The Morgan fingerprint density at radius 2 is 1.80 bits per heavy atom. The molecular formula is C14H11Cl2F2NO. The summed E-state index contributed by atoms with van der Waals surface area (Å²) in [7, 11) is 0. The van der Waals surface area contributed by atoms with Crippen LogP contribution < -0.4 is 10.5 Å². The van der Waals surface area contributed by atoms with Crippen LogP contribution in [0.1, 0.15) is 11.1 Å². The highest BCUT2D eigenvalue weighted by molar-refractivity contribution is 6.35. The van der Waals surface area contributed by atoms with Gasteiger partial charge in [0.05, 0.1) is 5.02 Å². The van der Waals surface area contributed by atoms with Gasteiger partial charge in [-0.2, -0.15) is 0 Å². The molecule has 0 radical (unpaired) electrons. The smallest absolute Gasteiger partial charge is 0.159 e. The summed E-state index contributed by atoms with van der Waals surface area (Å²) in [5, 5.41) is 0.774. The molecule has 2 N–H and O–H groups in total. The van der Waals surface area contributed by atoms with Crippen molar-refractivity contribution in [3.05, 3.63) is 63.1 Å². The molecule has 0 heterocycles. The predicted octanol–water partition coefficient (Wildman–Crippen LogP) is 4.31. The van der Waals surface area contributed by atoms with E-state index in [1.165, 1.54) is 12.1 Å². The van der Waals surface area contributed by atoms with Crippen molar-refractivity contribution >= 4 is 23.2 Å². The second kappa shape index (κ2) is 6.39. The van der Waals surface area contributed by atoms with E-state index in [1.54, 1.807) is 6.07 Å². The van der Waals surface area contributed by atoms with Crippen LogP contribution in [0.5, 0.6) is 5.75 Å². The zero-order chi connectivity index (χ0) is 14.7.